The number of carbonyl (C=O) groups excluding carboxylic acids is 1. The van der Waals surface area contributed by atoms with E-state index in [1.165, 1.54) is 13.2 Å². The van der Waals surface area contributed by atoms with Crippen molar-refractivity contribution in [2.24, 2.45) is 0 Å². The lowest BCUT2D eigenvalue weighted by Gasteiger charge is -2.08. The minimum atomic E-state index is -4.47. The van der Waals surface area contributed by atoms with Crippen LogP contribution in [0.15, 0.2) is 51.8 Å². The third kappa shape index (κ3) is 5.22. The molecule has 0 radical (unpaired) electrons. The number of hydrogen-bond acceptors (Lipinski definition) is 9. The van der Waals surface area contributed by atoms with Gasteiger partial charge in [-0.2, -0.15) is 0 Å². The van der Waals surface area contributed by atoms with Gasteiger partial charge in [0.1, 0.15) is 5.75 Å². The number of methoxy groups -OCH3 is 1. The third-order valence-corrected chi connectivity index (χ3v) is 5.65. The number of ether oxygens (including phenoxy) is 1. The lowest BCUT2D eigenvalue weighted by Crippen LogP contribution is -2.31. The molecule has 1 heterocycles. The maximum absolute atomic E-state index is 12.5. The molecule has 0 atom stereocenters. The average molecular weight is 446 g/mol. The Hall–Kier alpha value is -3.80. The molecule has 31 heavy (non-hydrogen) atoms. The van der Waals surface area contributed by atoms with E-state index in [0.29, 0.717) is 5.56 Å². The standard InChI is InChI=1S/C19H18N4O7S/c1-12-3-5-13(6-4-12)19-21-20-18(30-19)10-9-17(24)22-31(27,28)16-8-7-14(29-2)11-15(16)23(25)26/h3-8,11H,9-10H2,1-2H3,(H,22,24). The van der Waals surface area contributed by atoms with Crippen LogP contribution in [-0.4, -0.2) is 36.6 Å². The predicted molar refractivity (Wildman–Crippen MR) is 108 cm³/mol. The largest absolute Gasteiger partial charge is 0.497 e. The van der Waals surface area contributed by atoms with Crippen molar-refractivity contribution < 1.29 is 27.3 Å². The number of nitro benzene ring substituents is 1. The number of nitrogens with one attached hydrogen (secondary N) is 1. The Balaban J connectivity index is 1.67. The van der Waals surface area contributed by atoms with E-state index in [2.05, 4.69) is 10.2 Å². The van der Waals surface area contributed by atoms with Crippen LogP contribution in [0.2, 0.25) is 0 Å². The van der Waals surface area contributed by atoms with Gasteiger partial charge in [-0.05, 0) is 31.2 Å². The van der Waals surface area contributed by atoms with Crippen LogP contribution in [-0.2, 0) is 21.2 Å². The van der Waals surface area contributed by atoms with Crippen LogP contribution in [0.4, 0.5) is 5.69 Å². The number of aromatic nitrogens is 2. The lowest BCUT2D eigenvalue weighted by molar-refractivity contribution is -0.387. The van der Waals surface area contributed by atoms with E-state index in [9.17, 15) is 23.3 Å². The maximum atomic E-state index is 12.5. The van der Waals surface area contributed by atoms with Gasteiger partial charge in [0.05, 0.1) is 18.1 Å². The Morgan fingerprint density at radius 3 is 2.55 bits per heavy atom. The first kappa shape index (κ1) is 21.9. The topological polar surface area (TPSA) is 155 Å². The number of sulfonamides is 1. The van der Waals surface area contributed by atoms with E-state index in [1.54, 1.807) is 0 Å². The van der Waals surface area contributed by atoms with Crippen LogP contribution >= 0.6 is 0 Å². The maximum Gasteiger partial charge on any atom is 0.293 e. The van der Waals surface area contributed by atoms with Gasteiger partial charge in [-0.3, -0.25) is 14.9 Å². The summed E-state index contributed by atoms with van der Waals surface area (Å²) in [5.74, 6) is -0.339. The van der Waals surface area contributed by atoms with Gasteiger partial charge in [0.25, 0.3) is 15.7 Å². The van der Waals surface area contributed by atoms with Crippen molar-refractivity contribution in [3.63, 3.8) is 0 Å². The van der Waals surface area contributed by atoms with Gasteiger partial charge in [-0.1, -0.05) is 17.7 Å². The second kappa shape index (κ2) is 8.92. The van der Waals surface area contributed by atoms with E-state index in [1.807, 2.05) is 35.9 Å². The van der Waals surface area contributed by atoms with Crippen LogP contribution in [0.25, 0.3) is 11.5 Å². The highest BCUT2D eigenvalue weighted by atomic mass is 32.2. The number of carbonyl (C=O) groups is 1. The number of aryl methyl sites for hydroxylation is 2. The summed E-state index contributed by atoms with van der Waals surface area (Å²) in [6.45, 7) is 1.94. The first-order chi connectivity index (χ1) is 14.7. The van der Waals surface area contributed by atoms with Gasteiger partial charge in [-0.15, -0.1) is 10.2 Å². The molecule has 0 saturated heterocycles. The van der Waals surface area contributed by atoms with Gasteiger partial charge in [-0.25, -0.2) is 13.1 Å². The van der Waals surface area contributed by atoms with Gasteiger partial charge in [0.15, 0.2) is 4.90 Å². The van der Waals surface area contributed by atoms with Gasteiger partial charge in [0, 0.05) is 18.4 Å². The quantitative estimate of drug-likeness (QED) is 0.405. The molecule has 1 amide bonds. The fourth-order valence-corrected chi connectivity index (χ4v) is 3.81. The molecule has 3 aromatic rings. The SMILES string of the molecule is COc1ccc(S(=O)(=O)NC(=O)CCc2nnc(-c3ccc(C)cc3)o2)c([N+](=O)[O-])c1. The summed E-state index contributed by atoms with van der Waals surface area (Å²) in [6.07, 6.45) is -0.288. The summed E-state index contributed by atoms with van der Waals surface area (Å²) >= 11 is 0. The number of hydrogen-bond donors (Lipinski definition) is 1. The molecule has 0 aliphatic rings. The van der Waals surface area contributed by atoms with E-state index in [0.717, 1.165) is 17.7 Å². The summed E-state index contributed by atoms with van der Waals surface area (Å²) in [5, 5.41) is 19.0. The van der Waals surface area contributed by atoms with Crippen molar-refractivity contribution in [2.45, 2.75) is 24.7 Å². The predicted octanol–water partition coefficient (Wildman–Crippen LogP) is 2.40. The van der Waals surface area contributed by atoms with Crippen molar-refractivity contribution in [3.8, 4) is 17.2 Å². The molecule has 1 N–H and O–H groups in total. The van der Waals surface area contributed by atoms with Crippen LogP contribution < -0.4 is 9.46 Å². The average Bonchev–Trinajstić information content (AvgIpc) is 3.21. The van der Waals surface area contributed by atoms with E-state index in [4.69, 9.17) is 9.15 Å². The molecular formula is C19H18N4O7S. The van der Waals surface area contributed by atoms with Crippen LogP contribution in [0.3, 0.4) is 0 Å². The highest BCUT2D eigenvalue weighted by Gasteiger charge is 2.28. The molecule has 0 unspecified atom stereocenters. The second-order valence-corrected chi connectivity index (χ2v) is 8.14. The molecule has 2 aromatic carbocycles. The Morgan fingerprint density at radius 1 is 1.19 bits per heavy atom. The highest BCUT2D eigenvalue weighted by Crippen LogP contribution is 2.28. The lowest BCUT2D eigenvalue weighted by atomic mass is 10.1. The molecule has 162 valence electrons. The van der Waals surface area contributed by atoms with Crippen molar-refractivity contribution in [1.29, 1.82) is 0 Å². The highest BCUT2D eigenvalue weighted by molar-refractivity contribution is 7.90. The van der Waals surface area contributed by atoms with Gasteiger partial charge < -0.3 is 9.15 Å². The van der Waals surface area contributed by atoms with Crippen molar-refractivity contribution in [3.05, 3.63) is 64.0 Å². The summed E-state index contributed by atoms with van der Waals surface area (Å²) in [5.41, 5.74) is 1.07. The van der Waals surface area contributed by atoms with Crippen molar-refractivity contribution in [2.75, 3.05) is 7.11 Å². The number of rotatable bonds is 8. The zero-order valence-electron chi connectivity index (χ0n) is 16.6. The minimum absolute atomic E-state index is 0.00901. The molecule has 1 aromatic heterocycles. The molecule has 0 aliphatic carbocycles. The molecule has 11 nitrogen and oxygen atoms in total. The van der Waals surface area contributed by atoms with E-state index < -0.39 is 31.4 Å². The zero-order chi connectivity index (χ0) is 22.6. The summed E-state index contributed by atoms with van der Waals surface area (Å²) in [6, 6.07) is 10.6. The summed E-state index contributed by atoms with van der Waals surface area (Å²) < 4.78 is 37.1. The zero-order valence-corrected chi connectivity index (χ0v) is 17.4. The van der Waals surface area contributed by atoms with Gasteiger partial charge >= 0.3 is 0 Å². The van der Waals surface area contributed by atoms with E-state index >= 15 is 0 Å². The summed E-state index contributed by atoms with van der Waals surface area (Å²) in [7, 11) is -3.18. The van der Waals surface area contributed by atoms with Crippen LogP contribution in [0.1, 0.15) is 17.9 Å². The molecule has 0 bridgehead atoms. The third-order valence-electron chi connectivity index (χ3n) is 4.23. The molecule has 0 saturated carbocycles. The smallest absolute Gasteiger partial charge is 0.293 e. The molecule has 12 heteroatoms. The fraction of sp³-hybridized carbons (Fsp3) is 0.211. The monoisotopic (exact) mass is 446 g/mol. The van der Waals surface area contributed by atoms with Crippen molar-refractivity contribution >= 4 is 21.6 Å². The molecule has 0 spiro atoms. The fourth-order valence-electron chi connectivity index (χ4n) is 2.64. The Morgan fingerprint density at radius 2 is 1.90 bits per heavy atom. The number of nitrogens with zero attached hydrogens (tertiary/aromatic N) is 3. The number of nitro groups is 1. The molecule has 3 rings (SSSR count). The minimum Gasteiger partial charge on any atom is -0.497 e. The number of amides is 1. The molecule has 0 aliphatic heterocycles. The Labute approximate surface area is 177 Å². The second-order valence-electron chi connectivity index (χ2n) is 6.49. The number of benzene rings is 2. The first-order valence-corrected chi connectivity index (χ1v) is 10.5. The molecule has 0 fully saturated rings. The molecular weight excluding hydrogens is 428 g/mol. The van der Waals surface area contributed by atoms with Crippen LogP contribution in [0, 0.1) is 17.0 Å². The van der Waals surface area contributed by atoms with Crippen LogP contribution in [0.5, 0.6) is 5.75 Å². The normalized spacial score (nSPS) is 11.2. The Kier molecular flexibility index (Phi) is 6.30. The summed E-state index contributed by atoms with van der Waals surface area (Å²) in [4.78, 5) is 21.8. The first-order valence-electron chi connectivity index (χ1n) is 8.97. The van der Waals surface area contributed by atoms with Gasteiger partial charge in [0.2, 0.25) is 17.7 Å². The van der Waals surface area contributed by atoms with Crippen molar-refractivity contribution in [1.82, 2.24) is 14.9 Å². The Bertz CT molecular complexity index is 1220. The van der Waals surface area contributed by atoms with E-state index in [-0.39, 0.29) is 30.4 Å².